The van der Waals surface area contributed by atoms with Gasteiger partial charge in [-0.25, -0.2) is 0 Å². The van der Waals surface area contributed by atoms with E-state index in [0.717, 1.165) is 0 Å². The van der Waals surface area contributed by atoms with Crippen LogP contribution in [0.4, 0.5) is 0 Å². The third-order valence-corrected chi connectivity index (χ3v) is 3.95. The van der Waals surface area contributed by atoms with Crippen LogP contribution in [0.1, 0.15) is 65.5 Å². The summed E-state index contributed by atoms with van der Waals surface area (Å²) in [6.45, 7) is 13.9. The lowest BCUT2D eigenvalue weighted by Crippen LogP contribution is -2.25. The lowest BCUT2D eigenvalue weighted by atomic mass is 9.71. The second-order valence-corrected chi connectivity index (χ2v) is 6.06. The van der Waals surface area contributed by atoms with Crippen molar-refractivity contribution >= 4 is 0 Å². The zero-order chi connectivity index (χ0) is 12.4. The van der Waals surface area contributed by atoms with Gasteiger partial charge < -0.3 is 0 Å². The van der Waals surface area contributed by atoms with Crippen molar-refractivity contribution in [3.05, 3.63) is 35.4 Å². The van der Waals surface area contributed by atoms with Crippen molar-refractivity contribution in [2.75, 3.05) is 0 Å². The van der Waals surface area contributed by atoms with Crippen LogP contribution in [0.15, 0.2) is 24.3 Å². The van der Waals surface area contributed by atoms with Crippen LogP contribution in [-0.2, 0) is 10.8 Å². The zero-order valence-electron chi connectivity index (χ0n) is 11.7. The third-order valence-electron chi connectivity index (χ3n) is 3.95. The second-order valence-electron chi connectivity index (χ2n) is 6.06. The summed E-state index contributed by atoms with van der Waals surface area (Å²) in [5.74, 6) is 0. The summed E-state index contributed by atoms with van der Waals surface area (Å²) in [5.41, 5.74) is 3.60. The third kappa shape index (κ3) is 2.48. The Kier molecular flexibility index (Phi) is 3.83. The first-order valence-corrected chi connectivity index (χ1v) is 6.45. The van der Waals surface area contributed by atoms with E-state index in [2.05, 4.69) is 65.8 Å². The van der Waals surface area contributed by atoms with Crippen LogP contribution in [0.3, 0.4) is 0 Å². The number of benzene rings is 1. The van der Waals surface area contributed by atoms with Crippen molar-refractivity contribution in [1.82, 2.24) is 0 Å². The van der Waals surface area contributed by atoms with Crippen LogP contribution in [0.25, 0.3) is 0 Å². The predicted molar refractivity (Wildman–Crippen MR) is 73.1 cm³/mol. The SMILES string of the molecule is CCC(C)(CC)c1ccccc1C(C)(C)C. The molecule has 0 aromatic heterocycles. The zero-order valence-corrected chi connectivity index (χ0v) is 11.7. The fourth-order valence-electron chi connectivity index (χ4n) is 2.29. The summed E-state index contributed by atoms with van der Waals surface area (Å²) in [7, 11) is 0. The van der Waals surface area contributed by atoms with Crippen molar-refractivity contribution < 1.29 is 0 Å². The Morgan fingerprint density at radius 2 is 1.25 bits per heavy atom. The van der Waals surface area contributed by atoms with E-state index in [1.807, 2.05) is 0 Å². The van der Waals surface area contributed by atoms with Gasteiger partial charge in [0.15, 0.2) is 0 Å². The molecule has 0 radical (unpaired) electrons. The van der Waals surface area contributed by atoms with E-state index in [-0.39, 0.29) is 5.41 Å². The van der Waals surface area contributed by atoms with Crippen molar-refractivity contribution in [2.45, 2.75) is 65.2 Å². The summed E-state index contributed by atoms with van der Waals surface area (Å²) in [6.07, 6.45) is 2.41. The normalized spacial score (nSPS) is 12.9. The molecule has 0 heteroatoms. The number of rotatable bonds is 3. The van der Waals surface area contributed by atoms with E-state index in [4.69, 9.17) is 0 Å². The standard InChI is InChI=1S/C16H26/c1-7-16(6,8-2)14-12-10-9-11-13(14)15(3,4)5/h9-12H,7-8H2,1-6H3. The highest BCUT2D eigenvalue weighted by Gasteiger charge is 2.28. The fraction of sp³-hybridized carbons (Fsp3) is 0.625. The maximum Gasteiger partial charge on any atom is -0.00776 e. The quantitative estimate of drug-likeness (QED) is 0.665. The maximum absolute atomic E-state index is 2.39. The van der Waals surface area contributed by atoms with E-state index in [9.17, 15) is 0 Å². The van der Waals surface area contributed by atoms with Gasteiger partial charge in [0.1, 0.15) is 0 Å². The topological polar surface area (TPSA) is 0 Å². The average Bonchev–Trinajstić information content (AvgIpc) is 2.27. The molecular weight excluding hydrogens is 192 g/mol. The van der Waals surface area contributed by atoms with Crippen LogP contribution in [0.2, 0.25) is 0 Å². The van der Waals surface area contributed by atoms with Gasteiger partial charge in [-0.15, -0.1) is 0 Å². The van der Waals surface area contributed by atoms with E-state index >= 15 is 0 Å². The highest BCUT2D eigenvalue weighted by Crippen LogP contribution is 2.37. The summed E-state index contributed by atoms with van der Waals surface area (Å²) >= 11 is 0. The first-order valence-electron chi connectivity index (χ1n) is 6.45. The van der Waals surface area contributed by atoms with Crippen LogP contribution >= 0.6 is 0 Å². The Morgan fingerprint density at radius 1 is 0.812 bits per heavy atom. The molecule has 0 heterocycles. The highest BCUT2D eigenvalue weighted by molar-refractivity contribution is 5.38. The molecule has 0 spiro atoms. The average molecular weight is 218 g/mol. The first-order chi connectivity index (χ1) is 7.35. The molecule has 90 valence electrons. The van der Waals surface area contributed by atoms with Gasteiger partial charge in [0.05, 0.1) is 0 Å². The van der Waals surface area contributed by atoms with E-state index in [0.29, 0.717) is 5.41 Å². The molecule has 16 heavy (non-hydrogen) atoms. The summed E-state index contributed by atoms with van der Waals surface area (Å²) in [5, 5.41) is 0. The van der Waals surface area contributed by atoms with Gasteiger partial charge in [-0.05, 0) is 34.8 Å². The smallest absolute Gasteiger partial charge is 0.00776 e. The van der Waals surface area contributed by atoms with Gasteiger partial charge in [0.2, 0.25) is 0 Å². The van der Waals surface area contributed by atoms with Gasteiger partial charge in [-0.1, -0.05) is 65.8 Å². The van der Waals surface area contributed by atoms with Crippen LogP contribution in [0.5, 0.6) is 0 Å². The molecule has 0 unspecified atom stereocenters. The van der Waals surface area contributed by atoms with E-state index < -0.39 is 0 Å². The maximum atomic E-state index is 2.39. The molecule has 0 amide bonds. The monoisotopic (exact) mass is 218 g/mol. The molecule has 0 saturated heterocycles. The van der Waals surface area contributed by atoms with Crippen molar-refractivity contribution in [1.29, 1.82) is 0 Å². The van der Waals surface area contributed by atoms with Gasteiger partial charge >= 0.3 is 0 Å². The van der Waals surface area contributed by atoms with Crippen LogP contribution in [0, 0.1) is 0 Å². The number of hydrogen-bond acceptors (Lipinski definition) is 0. The molecule has 0 N–H and O–H groups in total. The molecule has 1 rings (SSSR count). The molecule has 0 aliphatic rings. The van der Waals surface area contributed by atoms with Gasteiger partial charge in [-0.2, -0.15) is 0 Å². The lowest BCUT2D eigenvalue weighted by Gasteiger charge is -2.34. The van der Waals surface area contributed by atoms with E-state index in [1.54, 1.807) is 0 Å². The lowest BCUT2D eigenvalue weighted by molar-refractivity contribution is 0.424. The molecular formula is C16H26. The van der Waals surface area contributed by atoms with Crippen LogP contribution < -0.4 is 0 Å². The summed E-state index contributed by atoms with van der Waals surface area (Å²) in [6, 6.07) is 8.94. The summed E-state index contributed by atoms with van der Waals surface area (Å²) in [4.78, 5) is 0. The van der Waals surface area contributed by atoms with Crippen molar-refractivity contribution in [2.24, 2.45) is 0 Å². The highest BCUT2D eigenvalue weighted by atomic mass is 14.3. The van der Waals surface area contributed by atoms with Gasteiger partial charge in [0.25, 0.3) is 0 Å². The first kappa shape index (κ1) is 13.3. The number of hydrogen-bond donors (Lipinski definition) is 0. The Labute approximate surface area is 101 Å². The molecule has 1 aromatic rings. The van der Waals surface area contributed by atoms with Crippen LogP contribution in [-0.4, -0.2) is 0 Å². The Bertz CT molecular complexity index is 337. The Morgan fingerprint density at radius 3 is 1.62 bits per heavy atom. The second kappa shape index (κ2) is 4.61. The molecule has 0 atom stereocenters. The molecule has 1 aromatic carbocycles. The van der Waals surface area contributed by atoms with E-state index in [1.165, 1.54) is 24.0 Å². The minimum Gasteiger partial charge on any atom is -0.0645 e. The minimum atomic E-state index is 0.238. The molecule has 0 nitrogen and oxygen atoms in total. The fourth-order valence-corrected chi connectivity index (χ4v) is 2.29. The Hall–Kier alpha value is -0.780. The predicted octanol–water partition coefficient (Wildman–Crippen LogP) is 5.06. The summed E-state index contributed by atoms with van der Waals surface area (Å²) < 4.78 is 0. The van der Waals surface area contributed by atoms with Gasteiger partial charge in [-0.3, -0.25) is 0 Å². The van der Waals surface area contributed by atoms with Gasteiger partial charge in [0, 0.05) is 0 Å². The molecule has 0 aliphatic carbocycles. The Balaban J connectivity index is 3.34. The molecule has 0 aliphatic heterocycles. The molecule has 0 bridgehead atoms. The molecule has 0 fully saturated rings. The molecule has 0 saturated carbocycles. The van der Waals surface area contributed by atoms with Crippen molar-refractivity contribution in [3.63, 3.8) is 0 Å². The van der Waals surface area contributed by atoms with Crippen molar-refractivity contribution in [3.8, 4) is 0 Å². The minimum absolute atomic E-state index is 0.238. The largest absolute Gasteiger partial charge is 0.0645 e.